The molecule has 37 heavy (non-hydrogen) atoms. The summed E-state index contributed by atoms with van der Waals surface area (Å²) in [6, 6.07) is 32.1. The summed E-state index contributed by atoms with van der Waals surface area (Å²) >= 11 is 12.8. The highest BCUT2D eigenvalue weighted by Crippen LogP contribution is 2.34. The molecule has 1 aromatic heterocycles. The Morgan fingerprint density at radius 2 is 1.51 bits per heavy atom. The number of pyridine rings is 1. The molecule has 0 radical (unpaired) electrons. The molecule has 0 aliphatic rings. The van der Waals surface area contributed by atoms with Crippen molar-refractivity contribution in [2.24, 2.45) is 5.10 Å². The minimum Gasteiger partial charge on any atom is -0.486 e. The number of hydrogen-bond donors (Lipinski definition) is 1. The summed E-state index contributed by atoms with van der Waals surface area (Å²) in [5.41, 5.74) is 7.05. The number of ether oxygens (including phenoxy) is 1. The second-order valence-corrected chi connectivity index (χ2v) is 9.04. The van der Waals surface area contributed by atoms with E-state index in [0.29, 0.717) is 39.2 Å². The fraction of sp³-hybridized carbons (Fsp3) is 0.0333. The summed E-state index contributed by atoms with van der Waals surface area (Å²) in [6.45, 7) is 0.342. The molecule has 4 aromatic carbocycles. The van der Waals surface area contributed by atoms with E-state index in [1.54, 1.807) is 18.2 Å². The Labute approximate surface area is 224 Å². The quantitative estimate of drug-likeness (QED) is 0.176. The molecule has 0 fully saturated rings. The summed E-state index contributed by atoms with van der Waals surface area (Å²) < 4.78 is 5.81. The fourth-order valence-corrected chi connectivity index (χ4v) is 4.48. The third kappa shape index (κ3) is 5.80. The minimum atomic E-state index is -0.355. The van der Waals surface area contributed by atoms with Crippen molar-refractivity contribution in [3.8, 4) is 17.0 Å². The van der Waals surface area contributed by atoms with Gasteiger partial charge in [0.1, 0.15) is 6.61 Å². The van der Waals surface area contributed by atoms with Crippen molar-refractivity contribution in [3.05, 3.63) is 130 Å². The lowest BCUT2D eigenvalue weighted by atomic mass is 10.0. The first-order valence-corrected chi connectivity index (χ1v) is 12.3. The average Bonchev–Trinajstić information content (AvgIpc) is 2.93. The second kappa shape index (κ2) is 11.2. The van der Waals surface area contributed by atoms with Gasteiger partial charge in [-0.25, -0.2) is 10.4 Å². The van der Waals surface area contributed by atoms with E-state index in [1.165, 1.54) is 6.21 Å². The molecule has 1 N–H and O–H groups in total. The van der Waals surface area contributed by atoms with Gasteiger partial charge in [-0.3, -0.25) is 4.79 Å². The van der Waals surface area contributed by atoms with Crippen molar-refractivity contribution < 1.29 is 9.53 Å². The largest absolute Gasteiger partial charge is 0.486 e. The van der Waals surface area contributed by atoms with Gasteiger partial charge in [0, 0.05) is 10.9 Å². The van der Waals surface area contributed by atoms with Crippen LogP contribution < -0.4 is 10.2 Å². The number of carbonyl (C=O) groups is 1. The second-order valence-electron chi connectivity index (χ2n) is 8.23. The van der Waals surface area contributed by atoms with Gasteiger partial charge < -0.3 is 4.74 Å². The molecule has 0 saturated carbocycles. The lowest BCUT2D eigenvalue weighted by Crippen LogP contribution is -2.18. The highest BCUT2D eigenvalue weighted by Gasteiger charge is 2.14. The molecular formula is C30H21Cl2N3O2. The molecule has 5 nitrogen and oxygen atoms in total. The number of hydrazone groups is 1. The predicted octanol–water partition coefficient (Wildman–Crippen LogP) is 7.55. The van der Waals surface area contributed by atoms with E-state index in [1.807, 2.05) is 84.9 Å². The average molecular weight is 526 g/mol. The molecule has 5 aromatic rings. The van der Waals surface area contributed by atoms with Gasteiger partial charge in [-0.05, 0) is 35.4 Å². The van der Waals surface area contributed by atoms with Crippen molar-refractivity contribution in [1.29, 1.82) is 0 Å². The number of nitrogens with one attached hydrogen (secondary N) is 1. The van der Waals surface area contributed by atoms with Crippen LogP contribution in [0.25, 0.3) is 22.2 Å². The number of rotatable bonds is 7. The highest BCUT2D eigenvalue weighted by atomic mass is 35.5. The minimum absolute atomic E-state index is 0.342. The number of para-hydroxylation sites is 1. The van der Waals surface area contributed by atoms with Crippen molar-refractivity contribution in [2.45, 2.75) is 6.61 Å². The Morgan fingerprint density at radius 1 is 0.865 bits per heavy atom. The summed E-state index contributed by atoms with van der Waals surface area (Å²) in [5, 5.41) is 5.57. The van der Waals surface area contributed by atoms with Crippen LogP contribution in [0.4, 0.5) is 0 Å². The van der Waals surface area contributed by atoms with Crippen molar-refractivity contribution in [1.82, 2.24) is 10.4 Å². The molecule has 1 amide bonds. The summed E-state index contributed by atoms with van der Waals surface area (Å²) in [7, 11) is 0. The molecule has 0 unspecified atom stereocenters. The fourth-order valence-electron chi connectivity index (χ4n) is 3.87. The van der Waals surface area contributed by atoms with Crippen LogP contribution in [-0.2, 0) is 6.61 Å². The monoisotopic (exact) mass is 525 g/mol. The van der Waals surface area contributed by atoms with Crippen LogP contribution in [0, 0.1) is 0 Å². The molecule has 7 heteroatoms. The molecule has 0 bridgehead atoms. The van der Waals surface area contributed by atoms with Crippen LogP contribution in [-0.4, -0.2) is 17.1 Å². The zero-order valence-corrected chi connectivity index (χ0v) is 21.1. The number of halogens is 2. The van der Waals surface area contributed by atoms with Gasteiger partial charge in [0.05, 0.1) is 33.0 Å². The smallest absolute Gasteiger partial charge is 0.272 e. The van der Waals surface area contributed by atoms with Gasteiger partial charge in [-0.1, -0.05) is 102 Å². The molecule has 0 spiro atoms. The van der Waals surface area contributed by atoms with Gasteiger partial charge in [0.15, 0.2) is 5.75 Å². The summed E-state index contributed by atoms with van der Waals surface area (Å²) in [6.07, 6.45) is 1.48. The van der Waals surface area contributed by atoms with Gasteiger partial charge >= 0.3 is 0 Å². The highest BCUT2D eigenvalue weighted by molar-refractivity contribution is 6.37. The van der Waals surface area contributed by atoms with Crippen LogP contribution in [0.3, 0.4) is 0 Å². The lowest BCUT2D eigenvalue weighted by Gasteiger charge is -2.11. The molecule has 0 aliphatic carbocycles. The maximum absolute atomic E-state index is 13.1. The van der Waals surface area contributed by atoms with Gasteiger partial charge in [0.2, 0.25) is 0 Å². The summed E-state index contributed by atoms with van der Waals surface area (Å²) in [4.78, 5) is 17.8. The normalized spacial score (nSPS) is 11.1. The van der Waals surface area contributed by atoms with E-state index < -0.39 is 0 Å². The summed E-state index contributed by atoms with van der Waals surface area (Å²) in [5.74, 6) is 0.0390. The Morgan fingerprint density at radius 3 is 2.24 bits per heavy atom. The van der Waals surface area contributed by atoms with Crippen molar-refractivity contribution in [2.75, 3.05) is 0 Å². The van der Waals surface area contributed by atoms with Gasteiger partial charge in [-0.15, -0.1) is 0 Å². The number of aromatic nitrogens is 1. The van der Waals surface area contributed by atoms with E-state index >= 15 is 0 Å². The molecule has 0 aliphatic heterocycles. The number of benzene rings is 4. The van der Waals surface area contributed by atoms with Crippen LogP contribution in [0.5, 0.6) is 5.75 Å². The SMILES string of the molecule is O=C(N/N=C/c1cc(Cl)c(OCc2ccccc2)c(Cl)c1)c1cc(-c2ccccc2)nc2ccccc12. The number of hydrogen-bond acceptors (Lipinski definition) is 4. The molecule has 1 heterocycles. The Bertz CT molecular complexity index is 1570. The van der Waals surface area contributed by atoms with Crippen LogP contribution in [0.2, 0.25) is 10.0 Å². The van der Waals surface area contributed by atoms with E-state index in [9.17, 15) is 4.79 Å². The zero-order valence-electron chi connectivity index (χ0n) is 19.6. The first-order chi connectivity index (χ1) is 18.1. The molecule has 182 valence electrons. The van der Waals surface area contributed by atoms with E-state index in [-0.39, 0.29) is 5.91 Å². The number of carbonyl (C=O) groups excluding carboxylic acids is 1. The van der Waals surface area contributed by atoms with Crippen LogP contribution >= 0.6 is 23.2 Å². The van der Waals surface area contributed by atoms with E-state index in [4.69, 9.17) is 32.9 Å². The Hall–Kier alpha value is -4.19. The Kier molecular flexibility index (Phi) is 7.45. The van der Waals surface area contributed by atoms with Crippen molar-refractivity contribution in [3.63, 3.8) is 0 Å². The molecular weight excluding hydrogens is 505 g/mol. The molecule has 5 rings (SSSR count). The number of fused-ring (bicyclic) bond motifs is 1. The number of nitrogens with zero attached hydrogens (tertiary/aromatic N) is 2. The zero-order chi connectivity index (χ0) is 25.6. The van der Waals surface area contributed by atoms with Crippen molar-refractivity contribution >= 4 is 46.2 Å². The van der Waals surface area contributed by atoms with E-state index in [0.717, 1.165) is 22.0 Å². The number of amides is 1. The third-order valence-electron chi connectivity index (χ3n) is 5.66. The Balaban J connectivity index is 1.34. The third-order valence-corrected chi connectivity index (χ3v) is 6.22. The van der Waals surface area contributed by atoms with Gasteiger partial charge in [-0.2, -0.15) is 5.10 Å². The van der Waals surface area contributed by atoms with Crippen LogP contribution in [0.1, 0.15) is 21.5 Å². The maximum atomic E-state index is 13.1. The van der Waals surface area contributed by atoms with Gasteiger partial charge in [0.25, 0.3) is 5.91 Å². The van der Waals surface area contributed by atoms with E-state index in [2.05, 4.69) is 10.5 Å². The van der Waals surface area contributed by atoms with Crippen LogP contribution in [0.15, 0.2) is 108 Å². The standard InChI is InChI=1S/C30H21Cl2N3O2/c31-25-15-21(16-26(32)29(25)37-19-20-9-3-1-4-10-20)18-33-35-30(36)24-17-28(22-11-5-2-6-12-22)34-27-14-8-7-13-23(24)27/h1-18H,19H2,(H,35,36)/b33-18+. The lowest BCUT2D eigenvalue weighted by molar-refractivity contribution is 0.0956. The molecule has 0 saturated heterocycles. The topological polar surface area (TPSA) is 63.6 Å². The first-order valence-electron chi connectivity index (χ1n) is 11.5. The first kappa shape index (κ1) is 24.5. The maximum Gasteiger partial charge on any atom is 0.272 e. The predicted molar refractivity (Wildman–Crippen MR) is 149 cm³/mol. The molecule has 0 atom stereocenters.